The average molecular weight is 148 g/mol. The zero-order valence-corrected chi connectivity index (χ0v) is 9.29. The van der Waals surface area contributed by atoms with E-state index in [1.807, 2.05) is 6.08 Å². The third-order valence-electron chi connectivity index (χ3n) is 0.910. The summed E-state index contributed by atoms with van der Waals surface area (Å²) in [4.78, 5) is 9.02. The molecule has 42 valence electrons. The summed E-state index contributed by atoms with van der Waals surface area (Å²) in [6, 6.07) is 0.954. The quantitative estimate of drug-likeness (QED) is 0.357. The van der Waals surface area contributed by atoms with Gasteiger partial charge in [-0.15, -0.1) is 6.58 Å². The number of rotatable bonds is 3. The molecule has 0 saturated carbocycles. The minimum atomic E-state index is -1.10. The molecule has 1 atom stereocenters. The van der Waals surface area contributed by atoms with Crippen molar-refractivity contribution in [2.24, 2.45) is 0 Å². The zero-order chi connectivity index (χ0) is 5.70. The van der Waals surface area contributed by atoms with Gasteiger partial charge in [-0.3, -0.25) is 0 Å². The fourth-order valence-electron chi connectivity index (χ4n) is 0.359. The molecule has 0 saturated heterocycles. The van der Waals surface area contributed by atoms with Crippen LogP contribution in [0.3, 0.4) is 0 Å². The number of allylic oxidation sites excluding steroid dienone is 1. The molecule has 0 rings (SSSR count). The van der Waals surface area contributed by atoms with Crippen LogP contribution in [0.1, 0.15) is 0 Å². The lowest BCUT2D eigenvalue weighted by Gasteiger charge is -1.95. The van der Waals surface area contributed by atoms with Crippen molar-refractivity contribution < 1.29 is 4.80 Å². The van der Waals surface area contributed by atoms with E-state index < -0.39 is 8.56 Å². The highest BCUT2D eigenvalue weighted by Gasteiger charge is 1.97. The summed E-state index contributed by atoms with van der Waals surface area (Å²) in [5, 5.41) is 0. The maximum Gasteiger partial charge on any atom is 0.153 e. The summed E-state index contributed by atoms with van der Waals surface area (Å²) in [5.41, 5.74) is 0. The first-order chi connectivity index (χ1) is 3.31. The van der Waals surface area contributed by atoms with Crippen LogP contribution in [0, 0.1) is 0 Å². The van der Waals surface area contributed by atoms with E-state index in [0.29, 0.717) is 0 Å². The summed E-state index contributed by atoms with van der Waals surface area (Å²) in [6.07, 6.45) is 1.85. The van der Waals surface area contributed by atoms with Crippen molar-refractivity contribution in [2.75, 3.05) is 0 Å². The smallest absolute Gasteiger partial charge is 0.153 e. The van der Waals surface area contributed by atoms with Crippen molar-refractivity contribution in [3.05, 3.63) is 12.7 Å². The molecule has 1 nitrogen and oxygen atoms in total. The van der Waals surface area contributed by atoms with Crippen LogP contribution in [-0.4, -0.2) is 31.7 Å². The predicted molar refractivity (Wildman–Crippen MR) is 42.9 cm³/mol. The van der Waals surface area contributed by atoms with Gasteiger partial charge in [0.1, 0.15) is 0 Å². The van der Waals surface area contributed by atoms with Gasteiger partial charge in [-0.2, -0.15) is 0 Å². The molecule has 0 aliphatic rings. The summed E-state index contributed by atoms with van der Waals surface area (Å²) in [6.45, 7) is 3.56. The zero-order valence-electron chi connectivity index (χ0n) is 4.72. The highest BCUT2D eigenvalue weighted by molar-refractivity contribution is 7.28. The Morgan fingerprint density at radius 3 is 2.71 bits per heavy atom. The molecule has 0 aromatic carbocycles. The predicted octanol–water partition coefficient (Wildman–Crippen LogP) is -2.17. The third-order valence-corrected chi connectivity index (χ3v) is 15.0. The van der Waals surface area contributed by atoms with Gasteiger partial charge < -0.3 is 4.80 Å². The maximum atomic E-state index is 9.02. The van der Waals surface area contributed by atoms with E-state index in [9.17, 15) is 0 Å². The fraction of sp³-hybridized carbons (Fsp3) is 0.333. The van der Waals surface area contributed by atoms with E-state index in [2.05, 4.69) is 6.58 Å². The van der Waals surface area contributed by atoms with E-state index in [4.69, 9.17) is 4.80 Å². The van der Waals surface area contributed by atoms with Crippen LogP contribution in [-0.2, 0) is 0 Å². The van der Waals surface area contributed by atoms with Gasteiger partial charge in [-0.25, -0.2) is 0 Å². The van der Waals surface area contributed by atoms with E-state index in [0.717, 1.165) is 6.04 Å². The van der Waals surface area contributed by atoms with Crippen molar-refractivity contribution in [3.63, 3.8) is 0 Å². The van der Waals surface area contributed by atoms with Gasteiger partial charge in [-0.05, 0) is 15.8 Å². The molecule has 0 aromatic rings. The van der Waals surface area contributed by atoms with Crippen LogP contribution >= 0.6 is 0 Å². The Morgan fingerprint density at radius 2 is 2.57 bits per heavy atom. The lowest BCUT2D eigenvalue weighted by molar-refractivity contribution is 0.596. The first-order valence-corrected chi connectivity index (χ1v) is 12.9. The normalized spacial score (nSPS) is 15.6. The van der Waals surface area contributed by atoms with Gasteiger partial charge in [-0.1, -0.05) is 6.08 Å². The first kappa shape index (κ1) is 7.35. The standard InChI is InChI=1S/C3H12OSi3/c1-2-3-7(4)6-5/h2,4,7H,1,3,6H2,5H3. The lowest BCUT2D eigenvalue weighted by atomic mass is 10.8. The van der Waals surface area contributed by atoms with Gasteiger partial charge in [0, 0.05) is 8.55 Å². The molecule has 0 aliphatic carbocycles. The SMILES string of the molecule is C=CC[SiH](O)[SiH2][SiH3]. The molecule has 0 bridgehead atoms. The molecule has 0 spiro atoms. The minimum Gasteiger partial charge on any atom is -0.438 e. The molecule has 0 fully saturated rings. The Hall–Kier alpha value is 0.351. The van der Waals surface area contributed by atoms with Crippen molar-refractivity contribution in [2.45, 2.75) is 6.04 Å². The Balaban J connectivity index is 2.98. The Labute approximate surface area is 51.0 Å². The maximum absolute atomic E-state index is 9.02. The molecule has 0 radical (unpaired) electrons. The van der Waals surface area contributed by atoms with Gasteiger partial charge >= 0.3 is 0 Å². The molecule has 4 heteroatoms. The summed E-state index contributed by atoms with van der Waals surface area (Å²) in [7, 11) is 0.281. The molecule has 0 aliphatic heterocycles. The summed E-state index contributed by atoms with van der Waals surface area (Å²) in [5.74, 6) is 0. The summed E-state index contributed by atoms with van der Waals surface area (Å²) < 4.78 is 0. The number of hydrogen-bond acceptors (Lipinski definition) is 1. The lowest BCUT2D eigenvalue weighted by Crippen LogP contribution is -2.20. The monoisotopic (exact) mass is 148 g/mol. The minimum absolute atomic E-state index is 0.0895. The van der Waals surface area contributed by atoms with Gasteiger partial charge in [0.05, 0.1) is 0 Å². The highest BCUT2D eigenvalue weighted by Crippen LogP contribution is 1.82. The van der Waals surface area contributed by atoms with Gasteiger partial charge in [0.2, 0.25) is 0 Å². The molecule has 1 unspecified atom stereocenters. The molecule has 0 aromatic heterocycles. The first-order valence-electron chi connectivity index (χ1n) is 2.60. The van der Waals surface area contributed by atoms with Crippen molar-refractivity contribution in [1.82, 2.24) is 0 Å². The topological polar surface area (TPSA) is 20.2 Å². The molecule has 0 heterocycles. The van der Waals surface area contributed by atoms with Gasteiger partial charge in [0.25, 0.3) is 0 Å². The van der Waals surface area contributed by atoms with E-state index in [1.165, 1.54) is 9.76 Å². The molecule has 0 amide bonds. The third kappa shape index (κ3) is 4.20. The Kier molecular flexibility index (Phi) is 4.73. The molecule has 1 N–H and O–H groups in total. The Morgan fingerprint density at radius 1 is 2.00 bits per heavy atom. The number of hydrogen-bond donors (Lipinski definition) is 1. The summed E-state index contributed by atoms with van der Waals surface area (Å²) >= 11 is 0. The van der Waals surface area contributed by atoms with Crippen molar-refractivity contribution in [1.29, 1.82) is 0 Å². The molecular weight excluding hydrogens is 136 g/mol. The van der Waals surface area contributed by atoms with Crippen LogP contribution in [0.5, 0.6) is 0 Å². The second kappa shape index (κ2) is 4.51. The van der Waals surface area contributed by atoms with Crippen LogP contribution in [0.4, 0.5) is 0 Å². The van der Waals surface area contributed by atoms with E-state index in [-0.39, 0.29) is 8.55 Å². The fourth-order valence-corrected chi connectivity index (χ4v) is 5.78. The van der Waals surface area contributed by atoms with Crippen molar-refractivity contribution in [3.8, 4) is 0 Å². The average Bonchev–Trinajstić information content (AvgIpc) is 1.68. The second-order valence-electron chi connectivity index (χ2n) is 1.59. The van der Waals surface area contributed by atoms with Crippen LogP contribution in [0.15, 0.2) is 12.7 Å². The van der Waals surface area contributed by atoms with Crippen LogP contribution < -0.4 is 0 Å². The Bertz CT molecular complexity index is 56.1. The van der Waals surface area contributed by atoms with E-state index >= 15 is 0 Å². The highest BCUT2D eigenvalue weighted by atomic mass is 29.5. The van der Waals surface area contributed by atoms with Crippen LogP contribution in [0.25, 0.3) is 0 Å². The second-order valence-corrected chi connectivity index (χ2v) is 16.8. The molecule has 7 heavy (non-hydrogen) atoms. The largest absolute Gasteiger partial charge is 0.438 e. The van der Waals surface area contributed by atoms with Crippen LogP contribution in [0.2, 0.25) is 6.04 Å². The van der Waals surface area contributed by atoms with Crippen molar-refractivity contribution >= 4 is 26.9 Å². The van der Waals surface area contributed by atoms with Gasteiger partial charge in [0.15, 0.2) is 8.56 Å². The molecular formula is C3H12OSi3. The van der Waals surface area contributed by atoms with E-state index in [1.54, 1.807) is 0 Å².